The predicted molar refractivity (Wildman–Crippen MR) is 105 cm³/mol. The van der Waals surface area contributed by atoms with Gasteiger partial charge in [-0.15, -0.1) is 0 Å². The highest BCUT2D eigenvalue weighted by atomic mass is 19.2. The number of ether oxygens (including phenoxy) is 3. The Bertz CT molecular complexity index is 927. The van der Waals surface area contributed by atoms with E-state index in [2.05, 4.69) is 6.92 Å². The molecule has 0 fully saturated rings. The summed E-state index contributed by atoms with van der Waals surface area (Å²) < 4.78 is 73.0. The minimum absolute atomic E-state index is 0.101. The van der Waals surface area contributed by atoms with E-state index in [9.17, 15) is 17.6 Å². The van der Waals surface area contributed by atoms with Gasteiger partial charge in [0.25, 0.3) is 0 Å². The van der Waals surface area contributed by atoms with Crippen LogP contribution >= 0.6 is 0 Å². The maximum atomic E-state index is 14.6. The van der Waals surface area contributed by atoms with Gasteiger partial charge < -0.3 is 14.2 Å². The van der Waals surface area contributed by atoms with Crippen molar-refractivity contribution in [1.82, 2.24) is 0 Å². The van der Waals surface area contributed by atoms with Crippen molar-refractivity contribution >= 4 is 5.57 Å². The zero-order valence-electron chi connectivity index (χ0n) is 16.9. The van der Waals surface area contributed by atoms with Gasteiger partial charge >= 0.3 is 0 Å². The van der Waals surface area contributed by atoms with Gasteiger partial charge in [0.15, 0.2) is 23.1 Å². The minimum atomic E-state index is -1.25. The van der Waals surface area contributed by atoms with E-state index < -0.39 is 35.6 Å². The van der Waals surface area contributed by atoms with Crippen molar-refractivity contribution in [2.24, 2.45) is 0 Å². The van der Waals surface area contributed by atoms with Crippen molar-refractivity contribution in [3.63, 3.8) is 0 Å². The second-order valence-corrected chi connectivity index (χ2v) is 7.00. The van der Waals surface area contributed by atoms with Gasteiger partial charge in [0, 0.05) is 11.1 Å². The molecule has 2 aromatic carbocycles. The highest BCUT2D eigenvalue weighted by Crippen LogP contribution is 2.30. The highest BCUT2D eigenvalue weighted by molar-refractivity contribution is 5.67. The molecule has 0 amide bonds. The Morgan fingerprint density at radius 3 is 2.20 bits per heavy atom. The zero-order valence-corrected chi connectivity index (χ0v) is 16.9. The fourth-order valence-electron chi connectivity index (χ4n) is 3.32. The first-order chi connectivity index (χ1) is 14.5. The molecule has 1 unspecified atom stereocenters. The third-order valence-electron chi connectivity index (χ3n) is 4.92. The lowest BCUT2D eigenvalue weighted by molar-refractivity contribution is 0.0659. The van der Waals surface area contributed by atoms with Crippen molar-refractivity contribution in [2.75, 3.05) is 13.2 Å². The summed E-state index contributed by atoms with van der Waals surface area (Å²) in [6.45, 7) is 3.64. The number of hydrogen-bond acceptors (Lipinski definition) is 3. The lowest BCUT2D eigenvalue weighted by Gasteiger charge is -2.23. The van der Waals surface area contributed by atoms with Crippen LogP contribution in [-0.2, 0) is 11.3 Å². The van der Waals surface area contributed by atoms with Crippen molar-refractivity contribution in [2.45, 2.75) is 45.8 Å². The quantitative estimate of drug-likeness (QED) is 0.473. The lowest BCUT2D eigenvalue weighted by atomic mass is 9.98. The van der Waals surface area contributed by atoms with E-state index >= 15 is 0 Å². The van der Waals surface area contributed by atoms with E-state index in [0.717, 1.165) is 12.8 Å². The van der Waals surface area contributed by atoms with E-state index in [0.29, 0.717) is 12.0 Å². The SMILES string of the molecule is CCCC1CC=C(c2ccc(COc3ccc(OCC)c(F)c3F)c(F)c2F)CO1. The lowest BCUT2D eigenvalue weighted by Crippen LogP contribution is -2.18. The molecule has 0 aliphatic carbocycles. The molecule has 1 aliphatic rings. The Kier molecular flexibility index (Phi) is 7.37. The first kappa shape index (κ1) is 22.2. The van der Waals surface area contributed by atoms with Gasteiger partial charge in [0.2, 0.25) is 11.6 Å². The van der Waals surface area contributed by atoms with Gasteiger partial charge in [0.05, 0.1) is 19.3 Å². The molecule has 0 N–H and O–H groups in total. The average molecular weight is 424 g/mol. The summed E-state index contributed by atoms with van der Waals surface area (Å²) in [6, 6.07) is 5.22. The molecule has 2 aromatic rings. The Hall–Kier alpha value is -2.54. The standard InChI is InChI=1S/C23H24F4O3/c1-3-5-16-8-6-14(12-29-16)17-9-7-15(20(24)21(17)25)13-30-19-11-10-18(28-4-2)22(26)23(19)27/h6-7,9-11,16H,3-5,8,12-13H2,1-2H3. The maximum absolute atomic E-state index is 14.6. The maximum Gasteiger partial charge on any atom is 0.204 e. The van der Waals surface area contributed by atoms with Crippen LogP contribution in [0.3, 0.4) is 0 Å². The summed E-state index contributed by atoms with van der Waals surface area (Å²) in [5, 5.41) is 0. The number of benzene rings is 2. The third kappa shape index (κ3) is 4.78. The Labute approximate surface area is 173 Å². The van der Waals surface area contributed by atoms with E-state index in [4.69, 9.17) is 14.2 Å². The van der Waals surface area contributed by atoms with Crippen LogP contribution in [0.1, 0.15) is 44.2 Å². The summed E-state index contributed by atoms with van der Waals surface area (Å²) in [4.78, 5) is 0. The second-order valence-electron chi connectivity index (χ2n) is 7.00. The molecular formula is C23H24F4O3. The van der Waals surface area contributed by atoms with Crippen molar-refractivity contribution in [3.8, 4) is 11.5 Å². The fraction of sp³-hybridized carbons (Fsp3) is 0.391. The second kappa shape index (κ2) is 9.98. The number of hydrogen-bond donors (Lipinski definition) is 0. The van der Waals surface area contributed by atoms with Gasteiger partial charge in [-0.05, 0) is 37.5 Å². The van der Waals surface area contributed by atoms with Crippen LogP contribution in [0.5, 0.6) is 11.5 Å². The Morgan fingerprint density at radius 1 is 0.900 bits per heavy atom. The Balaban J connectivity index is 1.73. The fourth-order valence-corrected chi connectivity index (χ4v) is 3.32. The summed E-state index contributed by atoms with van der Waals surface area (Å²) in [7, 11) is 0. The average Bonchev–Trinajstić information content (AvgIpc) is 2.75. The molecule has 7 heteroatoms. The zero-order chi connectivity index (χ0) is 21.7. The van der Waals surface area contributed by atoms with Gasteiger partial charge in [-0.25, -0.2) is 8.78 Å². The molecule has 30 heavy (non-hydrogen) atoms. The third-order valence-corrected chi connectivity index (χ3v) is 4.92. The molecule has 0 saturated heterocycles. The monoisotopic (exact) mass is 424 g/mol. The van der Waals surface area contributed by atoms with Crippen LogP contribution in [0.4, 0.5) is 17.6 Å². The van der Waals surface area contributed by atoms with Gasteiger partial charge in [0.1, 0.15) is 6.61 Å². The smallest absolute Gasteiger partial charge is 0.204 e. The molecule has 0 radical (unpaired) electrons. The molecule has 1 aliphatic heterocycles. The molecule has 162 valence electrons. The van der Waals surface area contributed by atoms with Gasteiger partial charge in [-0.3, -0.25) is 0 Å². The van der Waals surface area contributed by atoms with Crippen LogP contribution in [0.15, 0.2) is 30.3 Å². The topological polar surface area (TPSA) is 27.7 Å². The van der Waals surface area contributed by atoms with E-state index in [1.54, 1.807) is 6.92 Å². The van der Waals surface area contributed by atoms with Crippen LogP contribution in [-0.4, -0.2) is 19.3 Å². The predicted octanol–water partition coefficient (Wildman–Crippen LogP) is 6.19. The van der Waals surface area contributed by atoms with Gasteiger partial charge in [-0.1, -0.05) is 31.6 Å². The van der Waals surface area contributed by atoms with Crippen LogP contribution < -0.4 is 9.47 Å². The van der Waals surface area contributed by atoms with Crippen LogP contribution in [0, 0.1) is 23.3 Å². The first-order valence-electron chi connectivity index (χ1n) is 9.97. The van der Waals surface area contributed by atoms with Crippen LogP contribution in [0.25, 0.3) is 5.57 Å². The normalized spacial score (nSPS) is 16.3. The van der Waals surface area contributed by atoms with Crippen molar-refractivity contribution < 1.29 is 31.8 Å². The van der Waals surface area contributed by atoms with Gasteiger partial charge in [-0.2, -0.15) is 8.78 Å². The van der Waals surface area contributed by atoms with Crippen molar-refractivity contribution in [3.05, 3.63) is 64.7 Å². The molecular weight excluding hydrogens is 400 g/mol. The van der Waals surface area contributed by atoms with E-state index in [1.807, 2.05) is 6.08 Å². The number of rotatable bonds is 8. The summed E-state index contributed by atoms with van der Waals surface area (Å²) in [5.41, 5.74) is 0.612. The molecule has 0 bridgehead atoms. The molecule has 3 rings (SSSR count). The summed E-state index contributed by atoms with van der Waals surface area (Å²) in [6.07, 6.45) is 4.53. The largest absolute Gasteiger partial charge is 0.491 e. The van der Waals surface area contributed by atoms with E-state index in [1.165, 1.54) is 24.3 Å². The number of halogens is 4. The van der Waals surface area contributed by atoms with Crippen molar-refractivity contribution in [1.29, 1.82) is 0 Å². The molecule has 0 aromatic heterocycles. The summed E-state index contributed by atoms with van der Waals surface area (Å²) >= 11 is 0. The van der Waals surface area contributed by atoms with Crippen LogP contribution in [0.2, 0.25) is 0 Å². The minimum Gasteiger partial charge on any atom is -0.491 e. The molecule has 3 nitrogen and oxygen atoms in total. The summed E-state index contributed by atoms with van der Waals surface area (Å²) in [5.74, 6) is -5.20. The molecule has 0 spiro atoms. The molecule has 0 saturated carbocycles. The van der Waals surface area contributed by atoms with E-state index in [-0.39, 0.29) is 36.2 Å². The first-order valence-corrected chi connectivity index (χ1v) is 9.97. The molecule has 1 heterocycles. The Morgan fingerprint density at radius 2 is 1.60 bits per heavy atom. The highest BCUT2D eigenvalue weighted by Gasteiger charge is 2.21. The molecule has 1 atom stereocenters.